The summed E-state index contributed by atoms with van der Waals surface area (Å²) in [7, 11) is 0. The molecule has 0 aliphatic heterocycles. The Hall–Kier alpha value is -1.06. The molecular formula is C13H24O4. The highest BCUT2D eigenvalue weighted by Gasteiger charge is 2.40. The van der Waals surface area contributed by atoms with Gasteiger partial charge >= 0.3 is 11.9 Å². The van der Waals surface area contributed by atoms with E-state index < -0.39 is 17.9 Å². The van der Waals surface area contributed by atoms with E-state index in [1.807, 2.05) is 41.5 Å². The fourth-order valence-electron chi connectivity index (χ4n) is 2.55. The van der Waals surface area contributed by atoms with Gasteiger partial charge in [0.2, 0.25) is 0 Å². The molecule has 0 aliphatic rings. The summed E-state index contributed by atoms with van der Waals surface area (Å²) in [5, 5.41) is 17.9. The van der Waals surface area contributed by atoms with Crippen molar-refractivity contribution in [1.82, 2.24) is 0 Å². The van der Waals surface area contributed by atoms with Gasteiger partial charge in [0, 0.05) is 0 Å². The molecule has 0 aromatic heterocycles. The minimum Gasteiger partial charge on any atom is -0.481 e. The maximum absolute atomic E-state index is 10.9. The lowest BCUT2D eigenvalue weighted by Crippen LogP contribution is -2.37. The van der Waals surface area contributed by atoms with Gasteiger partial charge in [0.15, 0.2) is 5.92 Å². The zero-order valence-corrected chi connectivity index (χ0v) is 11.6. The second-order valence-electron chi connectivity index (χ2n) is 6.75. The Morgan fingerprint density at radius 2 is 1.18 bits per heavy atom. The molecular weight excluding hydrogens is 220 g/mol. The number of aliphatic carboxylic acids is 2. The number of hydrogen-bond acceptors (Lipinski definition) is 2. The number of hydrogen-bond donors (Lipinski definition) is 2. The topological polar surface area (TPSA) is 74.6 Å². The third-order valence-corrected chi connectivity index (χ3v) is 3.16. The summed E-state index contributed by atoms with van der Waals surface area (Å²) in [5.41, 5.74) is -0.247. The van der Waals surface area contributed by atoms with Crippen molar-refractivity contribution in [1.29, 1.82) is 0 Å². The zero-order valence-electron chi connectivity index (χ0n) is 11.6. The van der Waals surface area contributed by atoms with E-state index in [-0.39, 0.29) is 23.2 Å². The first-order chi connectivity index (χ1) is 7.37. The molecule has 2 N–H and O–H groups in total. The molecule has 0 unspecified atom stereocenters. The number of carbonyl (C=O) groups is 2. The first-order valence-electron chi connectivity index (χ1n) is 5.83. The highest BCUT2D eigenvalue weighted by Crippen LogP contribution is 2.43. The van der Waals surface area contributed by atoms with E-state index in [0.717, 1.165) is 0 Å². The number of carboxylic acid groups (broad SMARTS) is 2. The van der Waals surface area contributed by atoms with Crippen molar-refractivity contribution in [3.63, 3.8) is 0 Å². The molecule has 0 aliphatic carbocycles. The monoisotopic (exact) mass is 244 g/mol. The van der Waals surface area contributed by atoms with Gasteiger partial charge < -0.3 is 10.2 Å². The summed E-state index contributed by atoms with van der Waals surface area (Å²) >= 11 is 0. The summed E-state index contributed by atoms with van der Waals surface area (Å²) in [6.45, 7) is 12.1. The lowest BCUT2D eigenvalue weighted by molar-refractivity contribution is -0.156. The fourth-order valence-corrected chi connectivity index (χ4v) is 2.55. The van der Waals surface area contributed by atoms with Crippen LogP contribution in [0.3, 0.4) is 0 Å². The molecule has 0 amide bonds. The van der Waals surface area contributed by atoms with Crippen LogP contribution in [0.4, 0.5) is 0 Å². The molecule has 4 nitrogen and oxygen atoms in total. The van der Waals surface area contributed by atoms with Crippen molar-refractivity contribution in [2.24, 2.45) is 22.7 Å². The van der Waals surface area contributed by atoms with Crippen molar-refractivity contribution < 1.29 is 19.8 Å². The van der Waals surface area contributed by atoms with E-state index in [9.17, 15) is 9.59 Å². The van der Waals surface area contributed by atoms with Crippen molar-refractivity contribution >= 4 is 11.9 Å². The van der Waals surface area contributed by atoms with Crippen LogP contribution in [0.5, 0.6) is 0 Å². The van der Waals surface area contributed by atoms with Crippen LogP contribution in [0.15, 0.2) is 0 Å². The summed E-state index contributed by atoms with van der Waals surface area (Å²) in [5.74, 6) is -3.81. The van der Waals surface area contributed by atoms with Crippen LogP contribution in [0.2, 0.25) is 0 Å². The molecule has 0 fully saturated rings. The van der Waals surface area contributed by atoms with Gasteiger partial charge in [0.1, 0.15) is 0 Å². The van der Waals surface area contributed by atoms with Gasteiger partial charge in [-0.25, -0.2) is 0 Å². The molecule has 4 heteroatoms. The lowest BCUT2D eigenvalue weighted by Gasteiger charge is -2.41. The van der Waals surface area contributed by atoms with Crippen LogP contribution in [0.1, 0.15) is 48.0 Å². The molecule has 0 rings (SSSR count). The van der Waals surface area contributed by atoms with Crippen LogP contribution in [0.25, 0.3) is 0 Å². The molecule has 0 radical (unpaired) electrons. The third kappa shape index (κ3) is 4.75. The normalized spacial score (nSPS) is 13.2. The van der Waals surface area contributed by atoms with Gasteiger partial charge in [-0.05, 0) is 23.2 Å². The summed E-state index contributed by atoms with van der Waals surface area (Å²) in [4.78, 5) is 21.9. The Labute approximate surface area is 103 Å². The van der Waals surface area contributed by atoms with Crippen molar-refractivity contribution in [3.8, 4) is 0 Å². The first kappa shape index (κ1) is 15.9. The molecule has 0 aromatic rings. The van der Waals surface area contributed by atoms with Gasteiger partial charge in [-0.1, -0.05) is 41.5 Å². The standard InChI is InChI=1S/C13H24O4/c1-12(2,3)9(13(4,5)6)7-8(10(14)15)11(16)17/h8-9H,7H2,1-6H3,(H,14,15)(H,16,17). The zero-order chi connectivity index (χ0) is 14.0. The molecule has 17 heavy (non-hydrogen) atoms. The van der Waals surface area contributed by atoms with Crippen molar-refractivity contribution in [2.75, 3.05) is 0 Å². The summed E-state index contributed by atoms with van der Waals surface area (Å²) < 4.78 is 0. The van der Waals surface area contributed by atoms with Crippen LogP contribution >= 0.6 is 0 Å². The van der Waals surface area contributed by atoms with Gasteiger partial charge in [0.25, 0.3) is 0 Å². The van der Waals surface area contributed by atoms with Gasteiger partial charge in [-0.15, -0.1) is 0 Å². The average molecular weight is 244 g/mol. The van der Waals surface area contributed by atoms with Gasteiger partial charge in [0.05, 0.1) is 0 Å². The molecule has 0 atom stereocenters. The van der Waals surface area contributed by atoms with Crippen molar-refractivity contribution in [2.45, 2.75) is 48.0 Å². The minimum atomic E-state index is -1.32. The Bertz CT molecular complexity index is 266. The molecule has 100 valence electrons. The summed E-state index contributed by atoms with van der Waals surface area (Å²) in [6.07, 6.45) is 0.164. The first-order valence-corrected chi connectivity index (χ1v) is 5.83. The van der Waals surface area contributed by atoms with Crippen molar-refractivity contribution in [3.05, 3.63) is 0 Å². The molecule has 0 heterocycles. The number of rotatable bonds is 4. The quantitative estimate of drug-likeness (QED) is 0.746. The second-order valence-corrected chi connectivity index (χ2v) is 6.75. The average Bonchev–Trinajstić information content (AvgIpc) is 1.96. The molecule has 0 saturated carbocycles. The maximum atomic E-state index is 10.9. The molecule has 0 saturated heterocycles. The predicted octanol–water partition coefficient (Wildman–Crippen LogP) is 2.87. The Morgan fingerprint density at radius 1 is 0.882 bits per heavy atom. The Balaban J connectivity index is 5.12. The van der Waals surface area contributed by atoms with Crippen LogP contribution in [0, 0.1) is 22.7 Å². The lowest BCUT2D eigenvalue weighted by atomic mass is 9.63. The minimum absolute atomic E-state index is 0.0206. The van der Waals surface area contributed by atoms with E-state index >= 15 is 0 Å². The Kier molecular flexibility index (Phi) is 4.75. The molecule has 0 bridgehead atoms. The SMILES string of the molecule is CC(C)(C)C(CC(C(=O)O)C(=O)O)C(C)(C)C. The van der Waals surface area contributed by atoms with E-state index in [1.54, 1.807) is 0 Å². The summed E-state index contributed by atoms with van der Waals surface area (Å²) in [6, 6.07) is 0. The number of carboxylic acids is 2. The van der Waals surface area contributed by atoms with E-state index in [2.05, 4.69) is 0 Å². The Morgan fingerprint density at radius 3 is 1.35 bits per heavy atom. The smallest absolute Gasteiger partial charge is 0.317 e. The van der Waals surface area contributed by atoms with E-state index in [4.69, 9.17) is 10.2 Å². The third-order valence-electron chi connectivity index (χ3n) is 3.16. The fraction of sp³-hybridized carbons (Fsp3) is 0.846. The maximum Gasteiger partial charge on any atom is 0.317 e. The second kappa shape index (κ2) is 5.07. The molecule has 0 spiro atoms. The highest BCUT2D eigenvalue weighted by atomic mass is 16.4. The van der Waals surface area contributed by atoms with Crippen LogP contribution in [-0.4, -0.2) is 22.2 Å². The molecule has 0 aromatic carbocycles. The van der Waals surface area contributed by atoms with E-state index in [0.29, 0.717) is 0 Å². The highest BCUT2D eigenvalue weighted by molar-refractivity contribution is 5.92. The predicted molar refractivity (Wildman–Crippen MR) is 65.8 cm³/mol. The largest absolute Gasteiger partial charge is 0.481 e. The van der Waals surface area contributed by atoms with Gasteiger partial charge in [-0.2, -0.15) is 0 Å². The van der Waals surface area contributed by atoms with Gasteiger partial charge in [-0.3, -0.25) is 9.59 Å². The van der Waals surface area contributed by atoms with Crippen LogP contribution in [-0.2, 0) is 9.59 Å². The van der Waals surface area contributed by atoms with Crippen LogP contribution < -0.4 is 0 Å². The van der Waals surface area contributed by atoms with E-state index in [1.165, 1.54) is 0 Å².